The highest BCUT2D eigenvalue weighted by Gasteiger charge is 2.07. The van der Waals surface area contributed by atoms with Gasteiger partial charge in [-0.3, -0.25) is 0 Å². The second-order valence-corrected chi connectivity index (χ2v) is 4.89. The summed E-state index contributed by atoms with van der Waals surface area (Å²) in [7, 11) is 1.90. The zero-order chi connectivity index (χ0) is 13.9. The van der Waals surface area contributed by atoms with Crippen molar-refractivity contribution in [3.63, 3.8) is 0 Å². The minimum atomic E-state index is -0.201. The Morgan fingerprint density at radius 2 is 1.70 bits per heavy atom. The van der Waals surface area contributed by atoms with Crippen molar-refractivity contribution in [2.45, 2.75) is 6.54 Å². The molecule has 0 atom stereocenters. The van der Waals surface area contributed by atoms with E-state index in [2.05, 4.69) is 35.6 Å². The van der Waals surface area contributed by atoms with Gasteiger partial charge in [0.2, 0.25) is 0 Å². The first-order valence-electron chi connectivity index (χ1n) is 6.70. The zero-order valence-corrected chi connectivity index (χ0v) is 11.4. The van der Waals surface area contributed by atoms with Crippen LogP contribution in [-0.2, 0) is 6.54 Å². The first kappa shape index (κ1) is 12.8. The molecule has 0 saturated heterocycles. The fourth-order valence-corrected chi connectivity index (χ4v) is 2.52. The molecule has 0 saturated carbocycles. The highest BCUT2D eigenvalue weighted by molar-refractivity contribution is 5.87. The molecule has 0 aromatic heterocycles. The van der Waals surface area contributed by atoms with Gasteiger partial charge in [-0.25, -0.2) is 4.39 Å². The van der Waals surface area contributed by atoms with E-state index in [0.717, 1.165) is 23.2 Å². The number of benzene rings is 3. The molecule has 0 bridgehead atoms. The number of fused-ring (bicyclic) bond motifs is 1. The van der Waals surface area contributed by atoms with Gasteiger partial charge >= 0.3 is 0 Å². The van der Waals surface area contributed by atoms with Crippen LogP contribution in [0.1, 0.15) is 5.56 Å². The van der Waals surface area contributed by atoms with Crippen LogP contribution in [0.5, 0.6) is 0 Å². The Kier molecular flexibility index (Phi) is 3.48. The second kappa shape index (κ2) is 5.43. The van der Waals surface area contributed by atoms with Crippen molar-refractivity contribution in [3.8, 4) is 11.1 Å². The van der Waals surface area contributed by atoms with Gasteiger partial charge in [-0.15, -0.1) is 0 Å². The van der Waals surface area contributed by atoms with E-state index in [4.69, 9.17) is 0 Å². The summed E-state index contributed by atoms with van der Waals surface area (Å²) in [4.78, 5) is 0. The number of nitrogens with one attached hydrogen (secondary N) is 1. The smallest absolute Gasteiger partial charge is 0.123 e. The van der Waals surface area contributed by atoms with Gasteiger partial charge in [-0.2, -0.15) is 0 Å². The van der Waals surface area contributed by atoms with Crippen LogP contribution >= 0.6 is 0 Å². The second-order valence-electron chi connectivity index (χ2n) is 4.89. The molecule has 20 heavy (non-hydrogen) atoms. The number of halogens is 1. The molecular weight excluding hydrogens is 249 g/mol. The number of hydrogen-bond acceptors (Lipinski definition) is 1. The highest BCUT2D eigenvalue weighted by Crippen LogP contribution is 2.28. The zero-order valence-electron chi connectivity index (χ0n) is 11.4. The van der Waals surface area contributed by atoms with Gasteiger partial charge in [-0.1, -0.05) is 42.5 Å². The Labute approximate surface area is 118 Å². The summed E-state index contributed by atoms with van der Waals surface area (Å²) in [5.41, 5.74) is 3.10. The van der Waals surface area contributed by atoms with E-state index in [1.165, 1.54) is 16.8 Å². The van der Waals surface area contributed by atoms with E-state index in [-0.39, 0.29) is 5.82 Å². The molecule has 100 valence electrons. The minimum absolute atomic E-state index is 0.201. The van der Waals surface area contributed by atoms with Gasteiger partial charge < -0.3 is 5.32 Å². The Morgan fingerprint density at radius 1 is 0.900 bits per heavy atom. The lowest BCUT2D eigenvalue weighted by atomic mass is 9.97. The Morgan fingerprint density at radius 3 is 2.50 bits per heavy atom. The largest absolute Gasteiger partial charge is 0.316 e. The summed E-state index contributed by atoms with van der Waals surface area (Å²) in [5.74, 6) is -0.201. The van der Waals surface area contributed by atoms with Gasteiger partial charge in [0, 0.05) is 6.54 Å². The van der Waals surface area contributed by atoms with E-state index in [1.807, 2.05) is 25.2 Å². The van der Waals surface area contributed by atoms with Crippen LogP contribution in [-0.4, -0.2) is 7.05 Å². The van der Waals surface area contributed by atoms with Gasteiger partial charge in [0.1, 0.15) is 5.82 Å². The predicted molar refractivity (Wildman–Crippen MR) is 82.1 cm³/mol. The first-order valence-corrected chi connectivity index (χ1v) is 6.70. The molecule has 0 unspecified atom stereocenters. The first-order chi connectivity index (χ1) is 9.78. The van der Waals surface area contributed by atoms with Crippen LogP contribution in [0, 0.1) is 5.82 Å². The fraction of sp³-hybridized carbons (Fsp3) is 0.111. The maximum absolute atomic E-state index is 13.6. The topological polar surface area (TPSA) is 12.0 Å². The van der Waals surface area contributed by atoms with Crippen molar-refractivity contribution >= 4 is 10.8 Å². The molecule has 3 aromatic rings. The van der Waals surface area contributed by atoms with Crippen molar-refractivity contribution in [2.24, 2.45) is 0 Å². The van der Waals surface area contributed by atoms with Crippen LogP contribution in [0.15, 0.2) is 60.7 Å². The van der Waals surface area contributed by atoms with Gasteiger partial charge in [0.05, 0.1) is 0 Å². The quantitative estimate of drug-likeness (QED) is 0.741. The maximum atomic E-state index is 13.6. The van der Waals surface area contributed by atoms with E-state index in [0.29, 0.717) is 0 Å². The Bertz CT molecular complexity index is 749. The molecule has 0 amide bonds. The molecule has 3 aromatic carbocycles. The normalized spacial score (nSPS) is 10.9. The summed E-state index contributed by atoms with van der Waals surface area (Å²) < 4.78 is 13.6. The van der Waals surface area contributed by atoms with Crippen LogP contribution in [0.3, 0.4) is 0 Å². The fourth-order valence-electron chi connectivity index (χ4n) is 2.52. The van der Waals surface area contributed by atoms with E-state index < -0.39 is 0 Å². The molecule has 1 nitrogen and oxygen atoms in total. The minimum Gasteiger partial charge on any atom is -0.316 e. The van der Waals surface area contributed by atoms with Gasteiger partial charge in [-0.05, 0) is 52.7 Å². The molecule has 0 aliphatic heterocycles. The molecular formula is C18H16FN. The van der Waals surface area contributed by atoms with Crippen molar-refractivity contribution in [1.29, 1.82) is 0 Å². The number of rotatable bonds is 3. The molecule has 1 N–H and O–H groups in total. The summed E-state index contributed by atoms with van der Waals surface area (Å²) in [6.45, 7) is 0.725. The molecule has 0 aliphatic rings. The summed E-state index contributed by atoms with van der Waals surface area (Å²) in [6, 6.07) is 19.4. The predicted octanol–water partition coefficient (Wildman–Crippen LogP) is 4.37. The van der Waals surface area contributed by atoms with Crippen LogP contribution in [0.4, 0.5) is 4.39 Å². The van der Waals surface area contributed by atoms with Gasteiger partial charge in [0.25, 0.3) is 0 Å². The lowest BCUT2D eigenvalue weighted by molar-refractivity contribution is 0.627. The van der Waals surface area contributed by atoms with E-state index in [9.17, 15) is 4.39 Å². The van der Waals surface area contributed by atoms with Crippen molar-refractivity contribution in [1.82, 2.24) is 5.32 Å². The van der Waals surface area contributed by atoms with Crippen molar-refractivity contribution in [3.05, 3.63) is 72.0 Å². The van der Waals surface area contributed by atoms with Crippen molar-refractivity contribution < 1.29 is 4.39 Å². The van der Waals surface area contributed by atoms with Crippen LogP contribution < -0.4 is 5.32 Å². The summed E-state index contributed by atoms with van der Waals surface area (Å²) >= 11 is 0. The van der Waals surface area contributed by atoms with Crippen LogP contribution in [0.25, 0.3) is 21.9 Å². The highest BCUT2D eigenvalue weighted by atomic mass is 19.1. The lowest BCUT2D eigenvalue weighted by Gasteiger charge is -2.11. The molecule has 0 fully saturated rings. The summed E-state index contributed by atoms with van der Waals surface area (Å²) in [5, 5.41) is 5.50. The van der Waals surface area contributed by atoms with E-state index >= 15 is 0 Å². The molecule has 0 heterocycles. The third kappa shape index (κ3) is 2.43. The molecule has 0 radical (unpaired) electrons. The molecule has 3 rings (SSSR count). The third-order valence-electron chi connectivity index (χ3n) is 3.50. The Balaban J connectivity index is 2.16. The molecule has 0 aliphatic carbocycles. The SMILES string of the molecule is CNCc1ccc(F)cc1-c1ccc2ccccc2c1. The standard InChI is InChI=1S/C18H16FN/c1-20-12-16-8-9-17(19)11-18(16)15-7-6-13-4-2-3-5-14(13)10-15/h2-11,20H,12H2,1H3. The molecule has 2 heteroatoms. The maximum Gasteiger partial charge on any atom is 0.123 e. The average molecular weight is 265 g/mol. The third-order valence-corrected chi connectivity index (χ3v) is 3.50. The lowest BCUT2D eigenvalue weighted by Crippen LogP contribution is -2.06. The number of hydrogen-bond donors (Lipinski definition) is 1. The summed E-state index contributed by atoms with van der Waals surface area (Å²) in [6.07, 6.45) is 0. The molecule has 0 spiro atoms. The van der Waals surface area contributed by atoms with Gasteiger partial charge in [0.15, 0.2) is 0 Å². The Hall–Kier alpha value is -2.19. The van der Waals surface area contributed by atoms with E-state index in [1.54, 1.807) is 6.07 Å². The monoisotopic (exact) mass is 265 g/mol. The van der Waals surface area contributed by atoms with Crippen LogP contribution in [0.2, 0.25) is 0 Å². The average Bonchev–Trinajstić information content (AvgIpc) is 2.49. The van der Waals surface area contributed by atoms with Crippen molar-refractivity contribution in [2.75, 3.05) is 7.05 Å².